The van der Waals surface area contributed by atoms with Crippen molar-refractivity contribution in [2.24, 2.45) is 0 Å². The zero-order chi connectivity index (χ0) is 18.6. The summed E-state index contributed by atoms with van der Waals surface area (Å²) in [4.78, 5) is 22.1. The van der Waals surface area contributed by atoms with Gasteiger partial charge in [0.1, 0.15) is 0 Å². The average Bonchev–Trinajstić information content (AvgIpc) is 3.10. The van der Waals surface area contributed by atoms with Crippen molar-refractivity contribution in [1.82, 2.24) is 9.97 Å². The molecule has 2 aromatic carbocycles. The Morgan fingerprint density at radius 2 is 2.07 bits per heavy atom. The zero-order valence-corrected chi connectivity index (χ0v) is 16.1. The summed E-state index contributed by atoms with van der Waals surface area (Å²) in [5, 5.41) is 4.24. The van der Waals surface area contributed by atoms with Crippen LogP contribution in [0.1, 0.15) is 0 Å². The summed E-state index contributed by atoms with van der Waals surface area (Å²) in [5.41, 5.74) is 3.51. The van der Waals surface area contributed by atoms with Crippen molar-refractivity contribution in [3.8, 4) is 0 Å². The van der Waals surface area contributed by atoms with E-state index in [1.54, 1.807) is 6.07 Å². The van der Waals surface area contributed by atoms with Gasteiger partial charge in [0.05, 0.1) is 40.7 Å². The number of ether oxygens (including phenoxy) is 1. The van der Waals surface area contributed by atoms with Gasteiger partial charge in [-0.05, 0) is 30.3 Å². The maximum atomic E-state index is 12.3. The molecule has 0 saturated carbocycles. The Balaban J connectivity index is 1.35. The van der Waals surface area contributed by atoms with Gasteiger partial charge in [-0.15, -0.1) is 0 Å². The highest BCUT2D eigenvalue weighted by atomic mass is 35.5. The molecule has 1 aliphatic rings. The molecule has 1 saturated heterocycles. The van der Waals surface area contributed by atoms with Crippen LogP contribution in [-0.2, 0) is 9.53 Å². The van der Waals surface area contributed by atoms with Crippen LogP contribution in [0.4, 0.5) is 11.4 Å². The number of amides is 1. The highest BCUT2D eigenvalue weighted by Crippen LogP contribution is 2.29. The second-order valence-electron chi connectivity index (χ2n) is 6.16. The number of hydrogen-bond donors (Lipinski definition) is 2. The fourth-order valence-electron chi connectivity index (χ4n) is 2.97. The topological polar surface area (TPSA) is 70.2 Å². The molecular weight excluding hydrogens is 384 g/mol. The number of carbonyl (C=O) groups is 1. The van der Waals surface area contributed by atoms with Gasteiger partial charge in [0, 0.05) is 18.8 Å². The number of aromatic amines is 1. The van der Waals surface area contributed by atoms with E-state index < -0.39 is 0 Å². The molecule has 1 amide bonds. The highest BCUT2D eigenvalue weighted by molar-refractivity contribution is 7.99. The van der Waals surface area contributed by atoms with Gasteiger partial charge in [0.15, 0.2) is 5.16 Å². The number of morpholine rings is 1. The number of rotatable bonds is 5. The number of para-hydroxylation sites is 2. The predicted octanol–water partition coefficient (Wildman–Crippen LogP) is 3.78. The fraction of sp³-hybridized carbons (Fsp3) is 0.263. The lowest BCUT2D eigenvalue weighted by Crippen LogP contribution is -2.36. The third-order valence-electron chi connectivity index (χ3n) is 4.29. The SMILES string of the molecule is O=C(CSc1nc2ccccc2[nH]1)Nc1ccc(N2CCOCC2)c(Cl)c1. The minimum Gasteiger partial charge on any atom is -0.378 e. The molecule has 140 valence electrons. The summed E-state index contributed by atoms with van der Waals surface area (Å²) >= 11 is 7.78. The van der Waals surface area contributed by atoms with E-state index in [9.17, 15) is 4.79 Å². The molecule has 0 unspecified atom stereocenters. The molecule has 8 heteroatoms. The molecule has 4 rings (SSSR count). The van der Waals surface area contributed by atoms with Crippen LogP contribution < -0.4 is 10.2 Å². The van der Waals surface area contributed by atoms with Crippen LogP contribution in [0, 0.1) is 0 Å². The first-order valence-electron chi connectivity index (χ1n) is 8.69. The number of imidazole rings is 1. The molecule has 3 aromatic rings. The van der Waals surface area contributed by atoms with E-state index in [-0.39, 0.29) is 11.7 Å². The largest absolute Gasteiger partial charge is 0.378 e. The van der Waals surface area contributed by atoms with Crippen LogP contribution in [0.3, 0.4) is 0 Å². The zero-order valence-electron chi connectivity index (χ0n) is 14.6. The van der Waals surface area contributed by atoms with Crippen LogP contribution in [0.5, 0.6) is 0 Å². The summed E-state index contributed by atoms with van der Waals surface area (Å²) < 4.78 is 5.37. The summed E-state index contributed by atoms with van der Waals surface area (Å²) in [6.07, 6.45) is 0. The smallest absolute Gasteiger partial charge is 0.234 e. The van der Waals surface area contributed by atoms with E-state index in [4.69, 9.17) is 16.3 Å². The number of H-pyrrole nitrogens is 1. The van der Waals surface area contributed by atoms with Crippen LogP contribution >= 0.6 is 23.4 Å². The monoisotopic (exact) mass is 402 g/mol. The molecular formula is C19H19ClN4O2S. The molecule has 0 atom stereocenters. The summed E-state index contributed by atoms with van der Waals surface area (Å²) in [6.45, 7) is 3.04. The quantitative estimate of drug-likeness (QED) is 0.635. The van der Waals surface area contributed by atoms with Gasteiger partial charge in [-0.3, -0.25) is 4.79 Å². The van der Waals surface area contributed by atoms with Crippen molar-refractivity contribution < 1.29 is 9.53 Å². The lowest BCUT2D eigenvalue weighted by Gasteiger charge is -2.29. The van der Waals surface area contributed by atoms with Crippen LogP contribution in [0.2, 0.25) is 5.02 Å². The van der Waals surface area contributed by atoms with Crippen molar-refractivity contribution in [3.05, 3.63) is 47.5 Å². The molecule has 27 heavy (non-hydrogen) atoms. The molecule has 2 N–H and O–H groups in total. The number of hydrogen-bond acceptors (Lipinski definition) is 5. The normalized spacial score (nSPS) is 14.5. The molecule has 0 aliphatic carbocycles. The van der Waals surface area contributed by atoms with E-state index in [0.29, 0.717) is 23.9 Å². The Bertz CT molecular complexity index is 923. The van der Waals surface area contributed by atoms with Gasteiger partial charge in [0.2, 0.25) is 5.91 Å². The van der Waals surface area contributed by atoms with Crippen LogP contribution in [0.15, 0.2) is 47.6 Å². The summed E-state index contributed by atoms with van der Waals surface area (Å²) in [5.74, 6) is 0.165. The Morgan fingerprint density at radius 3 is 2.85 bits per heavy atom. The molecule has 1 aliphatic heterocycles. The minimum atomic E-state index is -0.101. The third kappa shape index (κ3) is 4.37. The van der Waals surface area contributed by atoms with Crippen molar-refractivity contribution in [2.75, 3.05) is 42.3 Å². The molecule has 0 bridgehead atoms. The number of nitrogens with one attached hydrogen (secondary N) is 2. The molecule has 0 radical (unpaired) electrons. The lowest BCUT2D eigenvalue weighted by atomic mass is 10.2. The molecule has 6 nitrogen and oxygen atoms in total. The first kappa shape index (κ1) is 18.2. The van der Waals surface area contributed by atoms with Crippen molar-refractivity contribution in [1.29, 1.82) is 0 Å². The fourth-order valence-corrected chi connectivity index (χ4v) is 3.96. The summed E-state index contributed by atoms with van der Waals surface area (Å²) in [7, 11) is 0. The highest BCUT2D eigenvalue weighted by Gasteiger charge is 2.15. The van der Waals surface area contributed by atoms with E-state index in [1.165, 1.54) is 11.8 Å². The van der Waals surface area contributed by atoms with Crippen LogP contribution in [0.25, 0.3) is 11.0 Å². The Hall–Kier alpha value is -2.22. The average molecular weight is 403 g/mol. The third-order valence-corrected chi connectivity index (χ3v) is 5.47. The number of carbonyl (C=O) groups excluding carboxylic acids is 1. The molecule has 1 fully saturated rings. The second-order valence-corrected chi connectivity index (χ2v) is 7.53. The van der Waals surface area contributed by atoms with Gasteiger partial charge in [-0.2, -0.15) is 0 Å². The first-order valence-corrected chi connectivity index (χ1v) is 10.0. The Labute approximate surface area is 166 Å². The number of thioether (sulfide) groups is 1. The molecule has 2 heterocycles. The number of nitrogens with zero attached hydrogens (tertiary/aromatic N) is 2. The van der Waals surface area contributed by atoms with E-state index in [0.717, 1.165) is 35.0 Å². The van der Waals surface area contributed by atoms with Gasteiger partial charge in [-0.25, -0.2) is 4.98 Å². The van der Waals surface area contributed by atoms with Gasteiger partial charge in [-0.1, -0.05) is 35.5 Å². The maximum Gasteiger partial charge on any atom is 0.234 e. The number of fused-ring (bicyclic) bond motifs is 1. The van der Waals surface area contributed by atoms with Gasteiger partial charge < -0.3 is 19.9 Å². The van der Waals surface area contributed by atoms with Crippen molar-refractivity contribution >= 4 is 51.7 Å². The molecule has 1 aromatic heterocycles. The van der Waals surface area contributed by atoms with Gasteiger partial charge in [0.25, 0.3) is 0 Å². The number of anilines is 2. The second kappa shape index (κ2) is 8.21. The first-order chi connectivity index (χ1) is 13.2. The number of halogens is 1. The van der Waals surface area contributed by atoms with E-state index in [2.05, 4.69) is 20.2 Å². The van der Waals surface area contributed by atoms with Crippen molar-refractivity contribution in [3.63, 3.8) is 0 Å². The van der Waals surface area contributed by atoms with E-state index >= 15 is 0 Å². The van der Waals surface area contributed by atoms with Crippen molar-refractivity contribution in [2.45, 2.75) is 5.16 Å². The maximum absolute atomic E-state index is 12.3. The Kier molecular flexibility index (Phi) is 5.52. The standard InChI is InChI=1S/C19H19ClN4O2S/c20-14-11-13(5-6-17(14)24-7-9-26-10-8-24)21-18(25)12-27-19-22-15-3-1-2-4-16(15)23-19/h1-6,11H,7-10,12H2,(H,21,25)(H,22,23). The van der Waals surface area contributed by atoms with Crippen LogP contribution in [-0.4, -0.2) is 47.9 Å². The molecule has 0 spiro atoms. The van der Waals surface area contributed by atoms with Gasteiger partial charge >= 0.3 is 0 Å². The predicted molar refractivity (Wildman–Crippen MR) is 110 cm³/mol. The lowest BCUT2D eigenvalue weighted by molar-refractivity contribution is -0.113. The van der Waals surface area contributed by atoms with E-state index in [1.807, 2.05) is 36.4 Å². The summed E-state index contributed by atoms with van der Waals surface area (Å²) in [6, 6.07) is 13.4. The number of benzene rings is 2. The minimum absolute atomic E-state index is 0.101. The number of aromatic nitrogens is 2. The Morgan fingerprint density at radius 1 is 1.26 bits per heavy atom.